The summed E-state index contributed by atoms with van der Waals surface area (Å²) in [5, 5.41) is 5.33. The van der Waals surface area contributed by atoms with E-state index in [2.05, 4.69) is 16.7 Å². The van der Waals surface area contributed by atoms with Crippen LogP contribution in [0, 0.1) is 6.92 Å². The fourth-order valence-corrected chi connectivity index (χ4v) is 2.52. The van der Waals surface area contributed by atoms with E-state index >= 15 is 0 Å². The van der Waals surface area contributed by atoms with Gasteiger partial charge in [-0.3, -0.25) is 9.59 Å². The molecule has 0 saturated carbocycles. The van der Waals surface area contributed by atoms with Crippen LogP contribution in [0.5, 0.6) is 0 Å². The Morgan fingerprint density at radius 3 is 2.56 bits per heavy atom. The van der Waals surface area contributed by atoms with Gasteiger partial charge >= 0.3 is 11.8 Å². The van der Waals surface area contributed by atoms with E-state index < -0.39 is 11.8 Å². The van der Waals surface area contributed by atoms with Gasteiger partial charge < -0.3 is 15.4 Å². The Hall–Kier alpha value is -2.66. The molecule has 25 heavy (non-hydrogen) atoms. The topological polar surface area (TPSA) is 67.4 Å². The minimum atomic E-state index is -0.681. The molecular formula is C20H24N2O3. The number of methoxy groups -OCH3 is 1. The minimum absolute atomic E-state index is 0.123. The molecule has 2 aromatic rings. The third-order valence-electron chi connectivity index (χ3n) is 3.95. The lowest BCUT2D eigenvalue weighted by atomic mass is 9.99. The number of nitrogens with one attached hydrogen (secondary N) is 2. The number of carbonyl (C=O) groups is 2. The Labute approximate surface area is 148 Å². The molecule has 2 N–H and O–H groups in total. The highest BCUT2D eigenvalue weighted by Crippen LogP contribution is 2.17. The lowest BCUT2D eigenvalue weighted by Gasteiger charge is -2.14. The Balaban J connectivity index is 1.91. The summed E-state index contributed by atoms with van der Waals surface area (Å²) >= 11 is 0. The van der Waals surface area contributed by atoms with E-state index in [0.717, 1.165) is 11.1 Å². The van der Waals surface area contributed by atoms with Gasteiger partial charge in [-0.2, -0.15) is 0 Å². The predicted octanol–water partition coefficient (Wildman–Crippen LogP) is 3.00. The van der Waals surface area contributed by atoms with Crippen LogP contribution in [0.2, 0.25) is 0 Å². The Bertz CT molecular complexity index is 743. The van der Waals surface area contributed by atoms with Crippen molar-refractivity contribution in [3.8, 4) is 0 Å². The maximum Gasteiger partial charge on any atom is 0.313 e. The first-order valence-electron chi connectivity index (χ1n) is 8.24. The van der Waals surface area contributed by atoms with Gasteiger partial charge in [0, 0.05) is 24.9 Å². The molecule has 0 heterocycles. The van der Waals surface area contributed by atoms with Crippen molar-refractivity contribution in [1.82, 2.24) is 5.32 Å². The number of benzene rings is 2. The van der Waals surface area contributed by atoms with Crippen LogP contribution in [0.25, 0.3) is 0 Å². The lowest BCUT2D eigenvalue weighted by Crippen LogP contribution is -2.37. The molecule has 5 heteroatoms. The van der Waals surface area contributed by atoms with Crippen LogP contribution < -0.4 is 10.6 Å². The highest BCUT2D eigenvalue weighted by Gasteiger charge is 2.16. The highest BCUT2D eigenvalue weighted by atomic mass is 16.5. The summed E-state index contributed by atoms with van der Waals surface area (Å²) in [5.41, 5.74) is 3.70. The molecule has 0 spiro atoms. The number of anilines is 1. The first-order valence-corrected chi connectivity index (χ1v) is 8.24. The van der Waals surface area contributed by atoms with Crippen LogP contribution in [0.4, 0.5) is 5.69 Å². The molecule has 5 nitrogen and oxygen atoms in total. The van der Waals surface area contributed by atoms with Crippen LogP contribution in [0.1, 0.15) is 29.5 Å². The maximum absolute atomic E-state index is 12.1. The van der Waals surface area contributed by atoms with Gasteiger partial charge in [0.2, 0.25) is 0 Å². The molecule has 1 atom stereocenters. The molecule has 0 aliphatic rings. The smallest absolute Gasteiger partial charge is 0.313 e. The van der Waals surface area contributed by atoms with Crippen molar-refractivity contribution in [2.45, 2.75) is 26.4 Å². The monoisotopic (exact) mass is 340 g/mol. The fourth-order valence-electron chi connectivity index (χ4n) is 2.52. The van der Waals surface area contributed by atoms with Crippen molar-refractivity contribution in [2.75, 3.05) is 19.0 Å². The normalized spacial score (nSPS) is 11.6. The number of amides is 2. The molecule has 0 aromatic heterocycles. The summed E-state index contributed by atoms with van der Waals surface area (Å²) in [5.74, 6) is -1.20. The maximum atomic E-state index is 12.1. The van der Waals surface area contributed by atoms with Gasteiger partial charge in [0.1, 0.15) is 0 Å². The van der Waals surface area contributed by atoms with Crippen molar-refractivity contribution in [1.29, 1.82) is 0 Å². The first-order chi connectivity index (χ1) is 12.0. The first kappa shape index (κ1) is 18.7. The van der Waals surface area contributed by atoms with Crippen molar-refractivity contribution in [3.63, 3.8) is 0 Å². The van der Waals surface area contributed by atoms with E-state index in [0.29, 0.717) is 18.8 Å². The van der Waals surface area contributed by atoms with Gasteiger partial charge in [-0.25, -0.2) is 0 Å². The minimum Gasteiger partial charge on any atom is -0.380 e. The van der Waals surface area contributed by atoms with Gasteiger partial charge in [-0.15, -0.1) is 0 Å². The predicted molar refractivity (Wildman–Crippen MR) is 98.4 cm³/mol. The SMILES string of the molecule is COCc1ccccc1NC(=O)C(=O)NC[C@H](C)c1cccc(C)c1. The summed E-state index contributed by atoms with van der Waals surface area (Å²) in [6.07, 6.45) is 0. The standard InChI is InChI=1S/C20H24N2O3/c1-14-7-6-9-16(11-14)15(2)12-21-19(23)20(24)22-18-10-5-4-8-17(18)13-25-3/h4-11,15H,12-13H2,1-3H3,(H,21,23)(H,22,24)/t15-/m0/s1. The van der Waals surface area contributed by atoms with E-state index in [1.54, 1.807) is 19.2 Å². The van der Waals surface area contributed by atoms with Gasteiger partial charge in [-0.05, 0) is 24.5 Å². The lowest BCUT2D eigenvalue weighted by molar-refractivity contribution is -0.136. The van der Waals surface area contributed by atoms with Crippen molar-refractivity contribution in [2.24, 2.45) is 0 Å². The Kier molecular flexibility index (Phi) is 6.71. The number of para-hydroxylation sites is 1. The zero-order valence-electron chi connectivity index (χ0n) is 14.8. The third-order valence-corrected chi connectivity index (χ3v) is 3.95. The van der Waals surface area contributed by atoms with E-state index in [4.69, 9.17) is 4.74 Å². The number of rotatable bonds is 6. The van der Waals surface area contributed by atoms with Gasteiger partial charge in [0.05, 0.1) is 6.61 Å². The number of carbonyl (C=O) groups excluding carboxylic acids is 2. The van der Waals surface area contributed by atoms with Crippen LogP contribution in [0.3, 0.4) is 0 Å². The van der Waals surface area contributed by atoms with Gasteiger partial charge in [0.25, 0.3) is 0 Å². The average molecular weight is 340 g/mol. The summed E-state index contributed by atoms with van der Waals surface area (Å²) in [7, 11) is 1.58. The second-order valence-corrected chi connectivity index (χ2v) is 6.07. The van der Waals surface area contributed by atoms with Crippen molar-refractivity contribution >= 4 is 17.5 Å². The quantitative estimate of drug-likeness (QED) is 0.795. The molecule has 0 fully saturated rings. The Morgan fingerprint density at radius 1 is 1.08 bits per heavy atom. The van der Waals surface area contributed by atoms with E-state index in [1.165, 1.54) is 5.56 Å². The van der Waals surface area contributed by atoms with Gasteiger partial charge in [0.15, 0.2) is 0 Å². The van der Waals surface area contributed by atoms with E-state index in [9.17, 15) is 9.59 Å². The molecule has 0 unspecified atom stereocenters. The summed E-state index contributed by atoms with van der Waals surface area (Å²) in [6.45, 7) is 4.80. The van der Waals surface area contributed by atoms with Crippen LogP contribution >= 0.6 is 0 Å². The average Bonchev–Trinajstić information content (AvgIpc) is 2.61. The second kappa shape index (κ2) is 8.99. The molecule has 2 amide bonds. The largest absolute Gasteiger partial charge is 0.380 e. The molecule has 132 valence electrons. The molecule has 0 aliphatic heterocycles. The number of hydrogen-bond donors (Lipinski definition) is 2. The van der Waals surface area contributed by atoms with Gasteiger partial charge in [-0.1, -0.05) is 55.0 Å². The number of aryl methyl sites for hydroxylation is 1. The fraction of sp³-hybridized carbons (Fsp3) is 0.300. The summed E-state index contributed by atoms with van der Waals surface area (Å²) in [4.78, 5) is 24.2. The molecule has 2 rings (SSSR count). The summed E-state index contributed by atoms with van der Waals surface area (Å²) < 4.78 is 5.10. The number of ether oxygens (including phenoxy) is 1. The highest BCUT2D eigenvalue weighted by molar-refractivity contribution is 6.39. The van der Waals surface area contributed by atoms with Crippen LogP contribution in [0.15, 0.2) is 48.5 Å². The zero-order valence-corrected chi connectivity index (χ0v) is 14.8. The van der Waals surface area contributed by atoms with Crippen molar-refractivity contribution < 1.29 is 14.3 Å². The van der Waals surface area contributed by atoms with Crippen LogP contribution in [-0.4, -0.2) is 25.5 Å². The molecule has 0 aliphatic carbocycles. The second-order valence-electron chi connectivity index (χ2n) is 6.07. The zero-order chi connectivity index (χ0) is 18.2. The number of hydrogen-bond acceptors (Lipinski definition) is 3. The summed E-state index contributed by atoms with van der Waals surface area (Å²) in [6, 6.07) is 15.4. The molecule has 0 bridgehead atoms. The van der Waals surface area contributed by atoms with E-state index in [1.807, 2.05) is 44.2 Å². The Morgan fingerprint density at radius 2 is 1.84 bits per heavy atom. The third kappa shape index (κ3) is 5.43. The van der Waals surface area contributed by atoms with Crippen LogP contribution in [-0.2, 0) is 20.9 Å². The molecule has 0 saturated heterocycles. The van der Waals surface area contributed by atoms with Crippen molar-refractivity contribution in [3.05, 3.63) is 65.2 Å². The molecule has 2 aromatic carbocycles. The van der Waals surface area contributed by atoms with E-state index in [-0.39, 0.29) is 5.92 Å². The molecular weight excluding hydrogens is 316 g/mol. The molecule has 0 radical (unpaired) electrons.